The van der Waals surface area contributed by atoms with Gasteiger partial charge in [0.2, 0.25) is 5.79 Å². The van der Waals surface area contributed by atoms with Gasteiger partial charge < -0.3 is 14.2 Å². The van der Waals surface area contributed by atoms with Gasteiger partial charge in [-0.25, -0.2) is 4.79 Å². The van der Waals surface area contributed by atoms with Crippen LogP contribution < -0.4 is 9.47 Å². The number of benzene rings is 1. The molecule has 20 heavy (non-hydrogen) atoms. The van der Waals surface area contributed by atoms with Crippen LogP contribution in [0.25, 0.3) is 0 Å². The number of rotatable bonds is 2. The van der Waals surface area contributed by atoms with Gasteiger partial charge in [-0.2, -0.15) is 0 Å². The second-order valence-corrected chi connectivity index (χ2v) is 6.77. The summed E-state index contributed by atoms with van der Waals surface area (Å²) in [5.74, 6) is -0.149. The van der Waals surface area contributed by atoms with E-state index >= 15 is 0 Å². The molecule has 0 spiro atoms. The second-order valence-electron chi connectivity index (χ2n) is 6.21. The van der Waals surface area contributed by atoms with E-state index in [0.717, 1.165) is 5.56 Å². The minimum absolute atomic E-state index is 0.400. The smallest absolute Gasteiger partial charge is 0.342 e. The predicted octanol–water partition coefficient (Wildman–Crippen LogP) is 4.04. The summed E-state index contributed by atoms with van der Waals surface area (Å²) in [5, 5.41) is 0.625. The van der Waals surface area contributed by atoms with Gasteiger partial charge >= 0.3 is 5.97 Å². The van der Waals surface area contributed by atoms with Gasteiger partial charge in [-0.3, -0.25) is 0 Å². The molecule has 1 aromatic carbocycles. The molecule has 0 amide bonds. The Morgan fingerprint density at radius 1 is 1.30 bits per heavy atom. The molecule has 0 radical (unpaired) electrons. The van der Waals surface area contributed by atoms with Crippen molar-refractivity contribution in [2.45, 2.75) is 51.3 Å². The minimum Gasteiger partial charge on any atom is -0.456 e. The monoisotopic (exact) mass is 342 g/mol. The highest BCUT2D eigenvalue weighted by Crippen LogP contribution is 2.43. The van der Waals surface area contributed by atoms with Crippen molar-refractivity contribution in [1.82, 2.24) is 0 Å². The highest BCUT2D eigenvalue weighted by Gasteiger charge is 2.36. The maximum atomic E-state index is 12.3. The molecule has 1 aromatic rings. The SMILES string of the molecule is CC(C)(C)OC(=O)c1cc(CBr)cc2c1OC(C)(C)O2. The van der Waals surface area contributed by atoms with E-state index in [9.17, 15) is 4.79 Å². The lowest BCUT2D eigenvalue weighted by molar-refractivity contribution is -0.0437. The van der Waals surface area contributed by atoms with Crippen LogP contribution in [-0.2, 0) is 10.1 Å². The van der Waals surface area contributed by atoms with E-state index in [0.29, 0.717) is 22.4 Å². The fourth-order valence-corrected chi connectivity index (χ4v) is 2.26. The third-order valence-corrected chi connectivity index (χ3v) is 3.24. The Morgan fingerprint density at radius 3 is 2.50 bits per heavy atom. The number of alkyl halides is 1. The van der Waals surface area contributed by atoms with Crippen LogP contribution in [-0.4, -0.2) is 17.4 Å². The van der Waals surface area contributed by atoms with E-state index in [1.54, 1.807) is 19.9 Å². The van der Waals surface area contributed by atoms with Crippen LogP contribution in [0.5, 0.6) is 11.5 Å². The summed E-state index contributed by atoms with van der Waals surface area (Å²) in [6, 6.07) is 3.64. The molecule has 0 N–H and O–H groups in total. The largest absolute Gasteiger partial charge is 0.456 e. The summed E-state index contributed by atoms with van der Waals surface area (Å²) in [6.45, 7) is 9.11. The quantitative estimate of drug-likeness (QED) is 0.600. The molecule has 110 valence electrons. The van der Waals surface area contributed by atoms with Gasteiger partial charge in [-0.05, 0) is 38.5 Å². The molecule has 1 heterocycles. The lowest BCUT2D eigenvalue weighted by atomic mass is 10.1. The second kappa shape index (κ2) is 4.95. The maximum absolute atomic E-state index is 12.3. The number of halogens is 1. The third-order valence-electron chi connectivity index (χ3n) is 2.59. The lowest BCUT2D eigenvalue weighted by Crippen LogP contribution is -2.30. The summed E-state index contributed by atoms with van der Waals surface area (Å²) < 4.78 is 16.9. The van der Waals surface area contributed by atoms with Crippen molar-refractivity contribution in [3.63, 3.8) is 0 Å². The fraction of sp³-hybridized carbons (Fsp3) is 0.533. The predicted molar refractivity (Wildman–Crippen MR) is 79.6 cm³/mol. The molecular formula is C15H19BrO4. The summed E-state index contributed by atoms with van der Waals surface area (Å²) in [6.07, 6.45) is 0. The molecule has 0 bridgehead atoms. The molecule has 5 heteroatoms. The number of esters is 1. The van der Waals surface area contributed by atoms with Crippen LogP contribution in [0.2, 0.25) is 0 Å². The van der Waals surface area contributed by atoms with Gasteiger partial charge in [0.1, 0.15) is 11.2 Å². The molecule has 0 saturated carbocycles. The molecule has 0 fully saturated rings. The average molecular weight is 343 g/mol. The molecule has 2 rings (SSSR count). The normalized spacial score (nSPS) is 16.1. The Balaban J connectivity index is 2.44. The number of hydrogen-bond donors (Lipinski definition) is 0. The van der Waals surface area contributed by atoms with E-state index in [1.807, 2.05) is 26.8 Å². The van der Waals surface area contributed by atoms with Crippen LogP contribution >= 0.6 is 15.9 Å². The van der Waals surface area contributed by atoms with E-state index in [1.165, 1.54) is 0 Å². The first kappa shape index (κ1) is 15.2. The molecule has 0 aromatic heterocycles. The molecule has 0 saturated heterocycles. The van der Waals surface area contributed by atoms with Crippen LogP contribution in [0.15, 0.2) is 12.1 Å². The van der Waals surface area contributed by atoms with Gasteiger partial charge in [0.05, 0.1) is 0 Å². The van der Waals surface area contributed by atoms with E-state index in [2.05, 4.69) is 15.9 Å². The first-order valence-corrected chi connectivity index (χ1v) is 7.58. The molecule has 4 nitrogen and oxygen atoms in total. The summed E-state index contributed by atoms with van der Waals surface area (Å²) in [5.41, 5.74) is 0.784. The van der Waals surface area contributed by atoms with E-state index in [4.69, 9.17) is 14.2 Å². The number of carbonyl (C=O) groups excluding carboxylic acids is 1. The van der Waals surface area contributed by atoms with Crippen LogP contribution in [0.3, 0.4) is 0 Å². The van der Waals surface area contributed by atoms with E-state index < -0.39 is 17.4 Å². The topological polar surface area (TPSA) is 44.8 Å². The first-order chi connectivity index (χ1) is 9.11. The zero-order chi connectivity index (χ0) is 15.1. The minimum atomic E-state index is -0.774. The van der Waals surface area contributed by atoms with Crippen molar-refractivity contribution in [3.8, 4) is 11.5 Å². The van der Waals surface area contributed by atoms with Crippen molar-refractivity contribution in [2.75, 3.05) is 0 Å². The molecule has 1 aliphatic rings. The number of fused-ring (bicyclic) bond motifs is 1. The van der Waals surface area contributed by atoms with Gasteiger partial charge in [0, 0.05) is 19.2 Å². The Morgan fingerprint density at radius 2 is 1.95 bits per heavy atom. The molecule has 0 unspecified atom stereocenters. The molecular weight excluding hydrogens is 324 g/mol. The van der Waals surface area contributed by atoms with Gasteiger partial charge in [0.25, 0.3) is 0 Å². The number of ether oxygens (including phenoxy) is 3. The van der Waals surface area contributed by atoms with E-state index in [-0.39, 0.29) is 0 Å². The van der Waals surface area contributed by atoms with Crippen LogP contribution in [0.4, 0.5) is 0 Å². The molecule has 0 atom stereocenters. The Bertz CT molecular complexity index is 544. The van der Waals surface area contributed by atoms with Crippen molar-refractivity contribution < 1.29 is 19.0 Å². The third kappa shape index (κ3) is 3.26. The van der Waals surface area contributed by atoms with Gasteiger partial charge in [-0.1, -0.05) is 15.9 Å². The molecule has 0 aliphatic carbocycles. The van der Waals surface area contributed by atoms with Crippen LogP contribution in [0, 0.1) is 0 Å². The zero-order valence-electron chi connectivity index (χ0n) is 12.4. The highest BCUT2D eigenvalue weighted by molar-refractivity contribution is 9.08. The molecule has 1 aliphatic heterocycles. The highest BCUT2D eigenvalue weighted by atomic mass is 79.9. The first-order valence-electron chi connectivity index (χ1n) is 6.45. The average Bonchev–Trinajstić information content (AvgIpc) is 2.58. The van der Waals surface area contributed by atoms with Crippen LogP contribution in [0.1, 0.15) is 50.5 Å². The Hall–Kier alpha value is -1.23. The zero-order valence-corrected chi connectivity index (χ0v) is 14.0. The van der Waals surface area contributed by atoms with Crippen molar-refractivity contribution in [1.29, 1.82) is 0 Å². The van der Waals surface area contributed by atoms with Crippen molar-refractivity contribution in [2.24, 2.45) is 0 Å². The maximum Gasteiger partial charge on any atom is 0.342 e. The number of hydrogen-bond acceptors (Lipinski definition) is 4. The lowest BCUT2D eigenvalue weighted by Gasteiger charge is -2.20. The number of carbonyl (C=O) groups is 1. The fourth-order valence-electron chi connectivity index (χ4n) is 1.93. The standard InChI is InChI=1S/C15H19BrO4/c1-14(2,3)20-13(17)10-6-9(8-16)7-11-12(10)19-15(4,5)18-11/h6-7H,8H2,1-5H3. The van der Waals surface area contributed by atoms with Crippen molar-refractivity contribution >= 4 is 21.9 Å². The van der Waals surface area contributed by atoms with Crippen molar-refractivity contribution in [3.05, 3.63) is 23.3 Å². The van der Waals surface area contributed by atoms with Gasteiger partial charge in [0.15, 0.2) is 11.5 Å². The summed E-state index contributed by atoms with van der Waals surface area (Å²) in [7, 11) is 0. The summed E-state index contributed by atoms with van der Waals surface area (Å²) in [4.78, 5) is 12.3. The van der Waals surface area contributed by atoms with Gasteiger partial charge in [-0.15, -0.1) is 0 Å². The Labute approximate surface area is 127 Å². The Kier molecular flexibility index (Phi) is 3.75. The summed E-state index contributed by atoms with van der Waals surface area (Å²) >= 11 is 3.39.